The third kappa shape index (κ3) is 4.07. The maximum atomic E-state index is 11.9. The quantitative estimate of drug-likeness (QED) is 0.421. The molecule has 0 radical (unpaired) electrons. The molecule has 29 heavy (non-hydrogen) atoms. The van der Waals surface area contributed by atoms with Crippen LogP contribution < -0.4 is 0 Å². The van der Waals surface area contributed by atoms with Crippen molar-refractivity contribution in [3.8, 4) is 0 Å². The Bertz CT molecular complexity index is 1060. The summed E-state index contributed by atoms with van der Waals surface area (Å²) in [5, 5.41) is 12.5. The Labute approximate surface area is 186 Å². The summed E-state index contributed by atoms with van der Waals surface area (Å²) in [6, 6.07) is 24.4. The van der Waals surface area contributed by atoms with Crippen molar-refractivity contribution in [1.29, 1.82) is 0 Å². The topological polar surface area (TPSA) is 20.2 Å². The summed E-state index contributed by atoms with van der Waals surface area (Å²) in [7, 11) is 0. The molecule has 0 bridgehead atoms. The van der Waals surface area contributed by atoms with Gasteiger partial charge in [-0.2, -0.15) is 0 Å². The lowest BCUT2D eigenvalue weighted by Crippen LogP contribution is -2.30. The molecule has 0 saturated heterocycles. The summed E-state index contributed by atoms with van der Waals surface area (Å²) in [6.07, 6.45) is 4.48. The zero-order chi connectivity index (χ0) is 20.4. The van der Waals surface area contributed by atoms with Crippen molar-refractivity contribution in [1.82, 2.24) is 0 Å². The molecular weight excluding hydrogens is 444 g/mol. The van der Waals surface area contributed by atoms with Crippen molar-refractivity contribution in [3.63, 3.8) is 0 Å². The minimum absolute atomic E-state index is 0.208. The maximum Gasteiger partial charge on any atom is 0.110 e. The van der Waals surface area contributed by atoms with Crippen molar-refractivity contribution in [2.24, 2.45) is 0 Å². The first-order valence-electron chi connectivity index (χ1n) is 10.0. The Kier molecular flexibility index (Phi) is 5.96. The molecule has 0 amide bonds. The van der Waals surface area contributed by atoms with Gasteiger partial charge in [0.25, 0.3) is 0 Å². The van der Waals surface area contributed by atoms with Gasteiger partial charge in [0.2, 0.25) is 0 Å². The van der Waals surface area contributed by atoms with Crippen LogP contribution in [-0.4, -0.2) is 5.11 Å². The summed E-state index contributed by atoms with van der Waals surface area (Å²) in [6.45, 7) is 2.19. The van der Waals surface area contributed by atoms with Crippen LogP contribution in [0.1, 0.15) is 47.9 Å². The van der Waals surface area contributed by atoms with E-state index in [4.69, 9.17) is 11.6 Å². The molecule has 0 aliphatic heterocycles. The SMILES string of the molecule is CCc1ccccc1C1CC(c2ccccc2Br)=CC(O)(c2ccccc2Cl)C1. The van der Waals surface area contributed by atoms with Crippen LogP contribution in [0.4, 0.5) is 0 Å². The van der Waals surface area contributed by atoms with Gasteiger partial charge < -0.3 is 5.11 Å². The van der Waals surface area contributed by atoms with Crippen LogP contribution >= 0.6 is 27.5 Å². The number of allylic oxidation sites excluding steroid dienone is 1. The average Bonchev–Trinajstić information content (AvgIpc) is 2.74. The molecule has 2 atom stereocenters. The van der Waals surface area contributed by atoms with Gasteiger partial charge in [-0.15, -0.1) is 0 Å². The van der Waals surface area contributed by atoms with E-state index in [1.54, 1.807) is 0 Å². The fourth-order valence-electron chi connectivity index (χ4n) is 4.50. The second kappa shape index (κ2) is 8.47. The largest absolute Gasteiger partial charge is 0.381 e. The number of aliphatic hydroxyl groups is 1. The highest BCUT2D eigenvalue weighted by Gasteiger charge is 2.38. The van der Waals surface area contributed by atoms with Crippen molar-refractivity contribution in [3.05, 3.63) is 111 Å². The highest BCUT2D eigenvalue weighted by Crippen LogP contribution is 2.48. The maximum absolute atomic E-state index is 11.9. The van der Waals surface area contributed by atoms with E-state index in [0.717, 1.165) is 34.0 Å². The predicted octanol–water partition coefficient (Wildman–Crippen LogP) is 7.51. The number of halogens is 2. The third-order valence-corrected chi connectivity index (χ3v) is 6.89. The molecule has 4 rings (SSSR count). The highest BCUT2D eigenvalue weighted by molar-refractivity contribution is 9.10. The molecule has 0 fully saturated rings. The minimum Gasteiger partial charge on any atom is -0.381 e. The molecular formula is C26H24BrClO. The Hall–Kier alpha value is -1.87. The van der Waals surface area contributed by atoms with Gasteiger partial charge in [-0.1, -0.05) is 95.1 Å². The minimum atomic E-state index is -1.12. The molecule has 148 valence electrons. The summed E-state index contributed by atoms with van der Waals surface area (Å²) in [4.78, 5) is 0. The van der Waals surface area contributed by atoms with Gasteiger partial charge >= 0.3 is 0 Å². The molecule has 0 saturated carbocycles. The molecule has 0 spiro atoms. The van der Waals surface area contributed by atoms with Gasteiger partial charge in [-0.25, -0.2) is 0 Å². The first-order valence-corrected chi connectivity index (χ1v) is 11.2. The molecule has 0 heterocycles. The van der Waals surface area contributed by atoms with Crippen molar-refractivity contribution >= 4 is 33.1 Å². The molecule has 3 aromatic carbocycles. The van der Waals surface area contributed by atoms with Gasteiger partial charge in [0.15, 0.2) is 0 Å². The summed E-state index contributed by atoms with van der Waals surface area (Å²) in [5.41, 5.74) is 4.57. The van der Waals surface area contributed by atoms with Crippen molar-refractivity contribution < 1.29 is 5.11 Å². The first kappa shape index (κ1) is 20.4. The standard InChI is InChI=1S/C26H24BrClO/c1-2-18-9-3-4-10-21(18)19-15-20(22-11-5-7-13-24(22)27)17-26(29,16-19)23-12-6-8-14-25(23)28/h3-14,17,19,29H,2,15-16H2,1H3. The van der Waals surface area contributed by atoms with E-state index in [1.165, 1.54) is 11.1 Å². The molecule has 1 nitrogen and oxygen atoms in total. The Morgan fingerprint density at radius 3 is 2.45 bits per heavy atom. The Morgan fingerprint density at radius 1 is 1.00 bits per heavy atom. The van der Waals surface area contributed by atoms with E-state index in [2.05, 4.69) is 53.2 Å². The van der Waals surface area contributed by atoms with Crippen molar-refractivity contribution in [2.45, 2.75) is 37.7 Å². The molecule has 1 N–H and O–H groups in total. The second-order valence-electron chi connectivity index (χ2n) is 7.71. The average molecular weight is 468 g/mol. The van der Waals surface area contributed by atoms with Gasteiger partial charge in [0.05, 0.1) is 0 Å². The van der Waals surface area contributed by atoms with Gasteiger partial charge in [-0.3, -0.25) is 0 Å². The van der Waals surface area contributed by atoms with Crippen LogP contribution in [0, 0.1) is 0 Å². The molecule has 3 aromatic rings. The summed E-state index contributed by atoms with van der Waals surface area (Å²) < 4.78 is 1.04. The molecule has 2 unspecified atom stereocenters. The van der Waals surface area contributed by atoms with Crippen LogP contribution in [0.3, 0.4) is 0 Å². The molecule has 1 aliphatic carbocycles. The fraction of sp³-hybridized carbons (Fsp3) is 0.231. The van der Waals surface area contributed by atoms with Crippen molar-refractivity contribution in [2.75, 3.05) is 0 Å². The third-order valence-electron chi connectivity index (χ3n) is 5.87. The lowest BCUT2D eigenvalue weighted by atomic mass is 9.71. The molecule has 1 aliphatic rings. The Balaban J connectivity index is 1.87. The Morgan fingerprint density at radius 2 is 1.69 bits per heavy atom. The monoisotopic (exact) mass is 466 g/mol. The first-order chi connectivity index (χ1) is 14.0. The fourth-order valence-corrected chi connectivity index (χ4v) is 5.34. The van der Waals surface area contributed by atoms with E-state index < -0.39 is 5.60 Å². The molecule has 3 heteroatoms. The van der Waals surface area contributed by atoms with Gasteiger partial charge in [0.1, 0.15) is 5.60 Å². The lowest BCUT2D eigenvalue weighted by Gasteiger charge is -2.37. The highest BCUT2D eigenvalue weighted by atomic mass is 79.9. The van der Waals surface area contributed by atoms with Crippen LogP contribution in [0.15, 0.2) is 83.3 Å². The van der Waals surface area contributed by atoms with E-state index in [0.29, 0.717) is 11.4 Å². The normalized spacial score (nSPS) is 21.7. The smallest absolute Gasteiger partial charge is 0.110 e. The van der Waals surface area contributed by atoms with Crippen LogP contribution in [0.5, 0.6) is 0 Å². The lowest BCUT2D eigenvalue weighted by molar-refractivity contribution is 0.0672. The number of benzene rings is 3. The van der Waals surface area contributed by atoms with E-state index in [9.17, 15) is 5.11 Å². The number of hydrogen-bond acceptors (Lipinski definition) is 1. The van der Waals surface area contributed by atoms with E-state index >= 15 is 0 Å². The van der Waals surface area contributed by atoms with E-state index in [-0.39, 0.29) is 5.92 Å². The van der Waals surface area contributed by atoms with Crippen LogP contribution in [0.25, 0.3) is 5.57 Å². The van der Waals surface area contributed by atoms with Crippen LogP contribution in [0.2, 0.25) is 5.02 Å². The van der Waals surface area contributed by atoms with Gasteiger partial charge in [0, 0.05) is 15.1 Å². The number of hydrogen-bond donors (Lipinski definition) is 1. The number of rotatable bonds is 4. The zero-order valence-corrected chi connectivity index (χ0v) is 18.7. The molecule has 0 aromatic heterocycles. The van der Waals surface area contributed by atoms with Gasteiger partial charge in [-0.05, 0) is 65.7 Å². The van der Waals surface area contributed by atoms with Crippen LogP contribution in [-0.2, 0) is 12.0 Å². The summed E-state index contributed by atoms with van der Waals surface area (Å²) >= 11 is 10.2. The van der Waals surface area contributed by atoms with E-state index in [1.807, 2.05) is 48.5 Å². The zero-order valence-electron chi connectivity index (χ0n) is 16.4. The predicted molar refractivity (Wildman–Crippen MR) is 125 cm³/mol. The summed E-state index contributed by atoms with van der Waals surface area (Å²) in [5.74, 6) is 0.208. The second-order valence-corrected chi connectivity index (χ2v) is 8.97. The number of aryl methyl sites for hydroxylation is 1.